The molecule has 3 fully saturated rings. The largest absolute Gasteiger partial charge is 0.508 e. The average molecular weight is 1000 g/mol. The fraction of sp³-hybridized carbons (Fsp3) is 0.667. The minimum atomic E-state index is -1.56. The molecule has 0 aromatic heterocycles. The van der Waals surface area contributed by atoms with E-state index in [0.717, 1.165) is 0 Å². The maximum atomic E-state index is 14.2. The normalized spacial score (nSPS) is 21.2. The Bertz CT molecular complexity index is 2100. The maximum absolute atomic E-state index is 14.2. The van der Waals surface area contributed by atoms with E-state index in [2.05, 4.69) is 26.6 Å². The van der Waals surface area contributed by atoms with E-state index in [1.54, 1.807) is 0 Å². The van der Waals surface area contributed by atoms with Crippen molar-refractivity contribution in [2.75, 3.05) is 19.6 Å². The zero-order valence-electron chi connectivity index (χ0n) is 41.4. The summed E-state index contributed by atoms with van der Waals surface area (Å²) in [6, 6.07) is -5.20. The van der Waals surface area contributed by atoms with Crippen LogP contribution < -0.4 is 32.3 Å². The van der Waals surface area contributed by atoms with E-state index >= 15 is 0 Å². The van der Waals surface area contributed by atoms with E-state index in [1.807, 2.05) is 27.7 Å². The van der Waals surface area contributed by atoms with Gasteiger partial charge in [0.05, 0.1) is 12.1 Å². The van der Waals surface area contributed by atoms with Gasteiger partial charge in [-0.15, -0.1) is 0 Å². The molecule has 0 radical (unpaired) electrons. The molecule has 0 unspecified atom stereocenters. The highest BCUT2D eigenvalue weighted by Crippen LogP contribution is 2.27. The predicted molar refractivity (Wildman–Crippen MR) is 254 cm³/mol. The lowest BCUT2D eigenvalue weighted by atomic mass is 9.97. The van der Waals surface area contributed by atoms with Crippen LogP contribution in [0.1, 0.15) is 111 Å². The van der Waals surface area contributed by atoms with Crippen molar-refractivity contribution in [3.63, 3.8) is 0 Å². The van der Waals surface area contributed by atoms with Crippen molar-refractivity contribution in [1.82, 2.24) is 41.3 Å². The molecule has 3 heterocycles. The fourth-order valence-corrected chi connectivity index (χ4v) is 9.17. The monoisotopic (exact) mass is 1000 g/mol. The van der Waals surface area contributed by atoms with Crippen molar-refractivity contribution < 1.29 is 68.4 Å². The molecule has 394 valence electrons. The standard InChI is InChI=1S/C48H73N9O14/c1-7-26(4)38(49)43(65)52-32(23-25(2)3)46(68)55-20-8-12-35(55)42(64)54-39(28(6)58)44(66)50-27(5)45(67)57-22-10-13-36(57)47(69)56-21-9-11-34(56)41(63)51-31(18-19-37(60)61)40(62)53-33(48(70)71)24-29-14-16-30(59)17-15-29/h14-17,25-28,31-36,38-39,58-59H,7-13,18-24,49H2,1-6H3,(H,50,66)(H,51,63)(H,52,65)(H,53,62)(H,54,64)(H,60,61)(H,70,71)/t26-,27-,28+,31-,32-,33-,34-,35-,36-,38-,39-/m0/s1. The van der Waals surface area contributed by atoms with Gasteiger partial charge in [0.25, 0.3) is 0 Å². The van der Waals surface area contributed by atoms with E-state index in [0.29, 0.717) is 31.2 Å². The van der Waals surface area contributed by atoms with Crippen molar-refractivity contribution in [1.29, 1.82) is 0 Å². The summed E-state index contributed by atoms with van der Waals surface area (Å²) in [6.07, 6.45) is 0.173. The van der Waals surface area contributed by atoms with Gasteiger partial charge in [0, 0.05) is 32.5 Å². The van der Waals surface area contributed by atoms with E-state index < -0.39 is 133 Å². The number of nitrogens with two attached hydrogens (primary N) is 1. The molecular formula is C48H73N9O14. The first-order chi connectivity index (χ1) is 33.4. The number of amides is 8. The number of carbonyl (C=O) groups excluding carboxylic acids is 8. The number of nitrogens with zero attached hydrogens (tertiary/aromatic N) is 3. The van der Waals surface area contributed by atoms with Crippen LogP contribution >= 0.6 is 0 Å². The number of hydrogen-bond donors (Lipinski definition) is 10. The van der Waals surface area contributed by atoms with E-state index in [1.165, 1.54) is 52.8 Å². The van der Waals surface area contributed by atoms with E-state index in [-0.39, 0.29) is 69.3 Å². The number of nitrogens with one attached hydrogen (secondary N) is 5. The second-order valence-electron chi connectivity index (χ2n) is 19.4. The highest BCUT2D eigenvalue weighted by molar-refractivity contribution is 5.98. The Hall–Kier alpha value is -6.36. The molecule has 4 rings (SSSR count). The number of phenols is 1. The van der Waals surface area contributed by atoms with Gasteiger partial charge < -0.3 is 67.4 Å². The molecule has 0 aliphatic carbocycles. The van der Waals surface area contributed by atoms with Crippen LogP contribution in [0, 0.1) is 11.8 Å². The molecule has 8 amide bonds. The van der Waals surface area contributed by atoms with Crippen molar-refractivity contribution in [2.45, 2.75) is 173 Å². The zero-order valence-corrected chi connectivity index (χ0v) is 41.4. The average Bonchev–Trinajstić information content (AvgIpc) is 4.13. The summed E-state index contributed by atoms with van der Waals surface area (Å²) >= 11 is 0. The van der Waals surface area contributed by atoms with E-state index in [9.17, 15) is 68.4 Å². The van der Waals surface area contributed by atoms with Gasteiger partial charge in [-0.2, -0.15) is 0 Å². The maximum Gasteiger partial charge on any atom is 0.326 e. The first-order valence-electron chi connectivity index (χ1n) is 24.5. The number of carbonyl (C=O) groups is 10. The lowest BCUT2D eigenvalue weighted by Crippen LogP contribution is -2.61. The molecule has 3 aliphatic rings. The Kier molecular flexibility index (Phi) is 21.1. The number of hydrogen-bond acceptors (Lipinski definition) is 13. The number of carboxylic acids is 2. The predicted octanol–water partition coefficient (Wildman–Crippen LogP) is -0.899. The Balaban J connectivity index is 1.40. The molecule has 3 aliphatic heterocycles. The molecule has 0 bridgehead atoms. The van der Waals surface area contributed by atoms with Crippen LogP contribution in [0.4, 0.5) is 0 Å². The van der Waals surface area contributed by atoms with Crippen molar-refractivity contribution in [3.8, 4) is 5.75 Å². The second kappa shape index (κ2) is 26.2. The van der Waals surface area contributed by atoms with Crippen LogP contribution in [0.3, 0.4) is 0 Å². The molecular weight excluding hydrogens is 927 g/mol. The summed E-state index contributed by atoms with van der Waals surface area (Å²) in [5.41, 5.74) is 6.62. The van der Waals surface area contributed by atoms with Gasteiger partial charge >= 0.3 is 11.9 Å². The molecule has 23 nitrogen and oxygen atoms in total. The van der Waals surface area contributed by atoms with Gasteiger partial charge in [-0.05, 0) is 94.7 Å². The summed E-state index contributed by atoms with van der Waals surface area (Å²) < 4.78 is 0. The van der Waals surface area contributed by atoms with Crippen LogP contribution in [0.15, 0.2) is 24.3 Å². The van der Waals surface area contributed by atoms with Crippen LogP contribution in [-0.4, -0.2) is 174 Å². The molecule has 0 spiro atoms. The van der Waals surface area contributed by atoms with Crippen molar-refractivity contribution in [3.05, 3.63) is 29.8 Å². The highest BCUT2D eigenvalue weighted by atomic mass is 16.4. The number of carboxylic acid groups (broad SMARTS) is 2. The van der Waals surface area contributed by atoms with Crippen molar-refractivity contribution >= 4 is 59.2 Å². The molecule has 1 aromatic carbocycles. The summed E-state index contributed by atoms with van der Waals surface area (Å²) in [4.78, 5) is 137. The molecule has 1 aromatic rings. The minimum absolute atomic E-state index is 0.00406. The number of rotatable bonds is 24. The number of aliphatic carboxylic acids is 2. The molecule has 23 heteroatoms. The molecule has 71 heavy (non-hydrogen) atoms. The van der Waals surface area contributed by atoms with Gasteiger partial charge in [-0.25, -0.2) is 4.79 Å². The zero-order chi connectivity index (χ0) is 52.9. The van der Waals surface area contributed by atoms with Crippen molar-refractivity contribution in [2.24, 2.45) is 17.6 Å². The minimum Gasteiger partial charge on any atom is -0.508 e. The third-order valence-electron chi connectivity index (χ3n) is 13.4. The van der Waals surface area contributed by atoms with Gasteiger partial charge in [0.15, 0.2) is 0 Å². The number of phenolic OH excluding ortho intramolecular Hbond substituents is 1. The van der Waals surface area contributed by atoms with Gasteiger partial charge in [0.2, 0.25) is 47.3 Å². The molecule has 3 saturated heterocycles. The third kappa shape index (κ3) is 15.6. The SMILES string of the molecule is CC[C@H](C)[C@H](N)C(=O)N[C@@H](CC(C)C)C(=O)N1CCC[C@H]1C(=O)N[C@H](C(=O)N[C@@H](C)C(=O)N1CCC[C@H]1C(=O)N1CCC[C@H]1C(=O)N[C@@H](CCC(=O)O)C(=O)N[C@@H](Cc1ccc(O)cc1)C(=O)O)[C@@H](C)O. The Labute approximate surface area is 413 Å². The quantitative estimate of drug-likeness (QED) is 0.0600. The second-order valence-corrected chi connectivity index (χ2v) is 19.4. The lowest BCUT2D eigenvalue weighted by Gasteiger charge is -2.33. The Morgan fingerprint density at radius 3 is 1.75 bits per heavy atom. The van der Waals surface area contributed by atoms with Crippen LogP contribution in [0.2, 0.25) is 0 Å². The molecule has 0 saturated carbocycles. The third-order valence-corrected chi connectivity index (χ3v) is 13.4. The van der Waals surface area contributed by atoms with E-state index in [4.69, 9.17) is 5.73 Å². The van der Waals surface area contributed by atoms with Crippen LogP contribution in [0.25, 0.3) is 0 Å². The molecule has 11 N–H and O–H groups in total. The van der Waals surface area contributed by atoms with Crippen LogP contribution in [-0.2, 0) is 54.4 Å². The lowest BCUT2D eigenvalue weighted by molar-refractivity contribution is -0.148. The first-order valence-corrected chi connectivity index (χ1v) is 24.5. The number of aliphatic hydroxyl groups excluding tert-OH is 1. The smallest absolute Gasteiger partial charge is 0.326 e. The van der Waals surface area contributed by atoms with Gasteiger partial charge in [-0.1, -0.05) is 46.2 Å². The summed E-state index contributed by atoms with van der Waals surface area (Å²) in [5, 5.41) is 52.3. The van der Waals surface area contributed by atoms with Gasteiger partial charge in [-0.3, -0.25) is 43.2 Å². The summed E-state index contributed by atoms with van der Waals surface area (Å²) in [5.74, 6) is -8.46. The number of benzene rings is 1. The summed E-state index contributed by atoms with van der Waals surface area (Å²) in [6.45, 7) is 10.6. The number of aromatic hydroxyl groups is 1. The highest BCUT2D eigenvalue weighted by Gasteiger charge is 2.45. The Morgan fingerprint density at radius 2 is 1.20 bits per heavy atom. The van der Waals surface area contributed by atoms with Crippen LogP contribution in [0.5, 0.6) is 5.75 Å². The summed E-state index contributed by atoms with van der Waals surface area (Å²) in [7, 11) is 0. The topological polar surface area (TPSA) is 348 Å². The number of aliphatic hydroxyl groups is 1. The first kappa shape index (κ1) is 57.2. The fourth-order valence-electron chi connectivity index (χ4n) is 9.17. The number of likely N-dealkylation sites (tertiary alicyclic amines) is 3. The Morgan fingerprint density at radius 1 is 0.662 bits per heavy atom. The van der Waals surface area contributed by atoms with Gasteiger partial charge in [0.1, 0.15) is 54.1 Å². The molecule has 11 atom stereocenters.